The maximum Gasteiger partial charge on any atom is 1.00 e. The Morgan fingerprint density at radius 2 is 0.733 bits per heavy atom. The molecule has 1 aliphatic heterocycles. The molecule has 9 nitrogen and oxygen atoms in total. The summed E-state index contributed by atoms with van der Waals surface area (Å²) in [7, 11) is -14.6. The molecule has 0 spiro atoms. The van der Waals surface area contributed by atoms with Crippen LogP contribution in [0.25, 0.3) is 0 Å². The fourth-order valence-corrected chi connectivity index (χ4v) is 6.36. The van der Waals surface area contributed by atoms with Gasteiger partial charge < -0.3 is 44.0 Å². The molecule has 1 saturated heterocycles. The molecule has 0 unspecified atom stereocenters. The van der Waals surface area contributed by atoms with E-state index in [0.717, 1.165) is 0 Å². The van der Waals surface area contributed by atoms with Gasteiger partial charge in [0.2, 0.25) is 0 Å². The maximum absolute atomic E-state index is 8.65. The third-order valence-electron chi connectivity index (χ3n) is 0.798. The zero-order chi connectivity index (χ0) is 9.62. The van der Waals surface area contributed by atoms with Gasteiger partial charge in [0.05, 0.1) is 0 Å². The fourth-order valence-electron chi connectivity index (χ4n) is 0.582. The molecule has 0 saturated carbocycles. The second-order valence-electron chi connectivity index (χ2n) is 1.95. The van der Waals surface area contributed by atoms with Crippen LogP contribution < -0.4 is 59.1 Å². The van der Waals surface area contributed by atoms with E-state index in [2.05, 4.69) is 12.3 Å². The molecule has 0 aromatic carbocycles. The van der Waals surface area contributed by atoms with Crippen LogP contribution in [0, 0.1) is 0 Å². The van der Waals surface area contributed by atoms with Crippen LogP contribution in [0.4, 0.5) is 0 Å². The number of rotatable bonds is 0. The molecular formula is H8Na2O9Si3Zr. The molecule has 1 heterocycles. The number of hydrogen-bond acceptors (Lipinski definition) is 9. The van der Waals surface area contributed by atoms with Crippen LogP contribution in [-0.2, 0) is 38.5 Å². The van der Waals surface area contributed by atoms with Gasteiger partial charge in [-0.3, -0.25) is 0 Å². The van der Waals surface area contributed by atoms with Crippen LogP contribution in [0.2, 0.25) is 0 Å². The third kappa shape index (κ3) is 8.82. The van der Waals surface area contributed by atoms with Gasteiger partial charge in [-0.15, -0.1) is 0 Å². The summed E-state index contributed by atoms with van der Waals surface area (Å²) in [5.41, 5.74) is 0. The number of hydrogen-bond donors (Lipinski definition) is 6. The Labute approximate surface area is 154 Å². The first-order chi connectivity index (χ1) is 5.12. The summed E-state index contributed by atoms with van der Waals surface area (Å²) in [6.45, 7) is 0. The van der Waals surface area contributed by atoms with E-state index in [4.69, 9.17) is 28.8 Å². The summed E-state index contributed by atoms with van der Waals surface area (Å²) < 4.78 is 11.3. The van der Waals surface area contributed by atoms with Crippen molar-refractivity contribution in [2.24, 2.45) is 0 Å². The predicted molar refractivity (Wildman–Crippen MR) is 36.1 cm³/mol. The maximum atomic E-state index is 8.65. The van der Waals surface area contributed by atoms with Crippen molar-refractivity contribution in [3.63, 3.8) is 0 Å². The molecule has 0 aromatic rings. The van der Waals surface area contributed by atoms with Gasteiger partial charge in [-0.25, -0.2) is 0 Å². The zero-order valence-electron chi connectivity index (χ0n) is 9.91. The average molecular weight is 374 g/mol. The smallest absolute Gasteiger partial charge is 1.00 e. The van der Waals surface area contributed by atoms with Gasteiger partial charge in [-0.05, 0) is 0 Å². The van der Waals surface area contributed by atoms with E-state index in [1.807, 2.05) is 0 Å². The third-order valence-corrected chi connectivity index (χ3v) is 7.18. The van der Waals surface area contributed by atoms with Crippen LogP contribution >= 0.6 is 0 Å². The van der Waals surface area contributed by atoms with E-state index in [1.54, 1.807) is 0 Å². The van der Waals surface area contributed by atoms with Crippen LogP contribution in [-0.4, -0.2) is 55.9 Å². The topological polar surface area (TPSA) is 149 Å². The molecule has 80 valence electrons. The van der Waals surface area contributed by atoms with E-state index < -0.39 is 27.1 Å². The van der Waals surface area contributed by atoms with Gasteiger partial charge in [-0.1, -0.05) is 0 Å². The van der Waals surface area contributed by atoms with Crippen molar-refractivity contribution < 1.29 is 129 Å². The van der Waals surface area contributed by atoms with Crippen molar-refractivity contribution in [3.05, 3.63) is 0 Å². The van der Waals surface area contributed by atoms with Crippen LogP contribution in [0.5, 0.6) is 0 Å². The Bertz CT molecular complexity index is 159. The Kier molecular flexibility index (Phi) is 11.9. The van der Waals surface area contributed by atoms with Crippen LogP contribution in [0.1, 0.15) is 2.85 Å². The van der Waals surface area contributed by atoms with E-state index in [-0.39, 0.29) is 88.2 Å². The van der Waals surface area contributed by atoms with Gasteiger partial charge in [0.25, 0.3) is 0 Å². The minimum absolute atomic E-state index is 0. The van der Waals surface area contributed by atoms with E-state index >= 15 is 0 Å². The Balaban J connectivity index is -0.0000000960. The normalized spacial score (nSPS) is 25.2. The molecule has 0 atom stereocenters. The average Bonchev–Trinajstić information content (AvgIpc) is 1.44. The zero-order valence-corrected chi connectivity index (χ0v) is 17.4. The Morgan fingerprint density at radius 1 is 0.600 bits per heavy atom. The van der Waals surface area contributed by atoms with Crippen LogP contribution in [0.3, 0.4) is 0 Å². The van der Waals surface area contributed by atoms with Gasteiger partial charge in [0, 0.05) is 26.2 Å². The molecule has 1 rings (SSSR count). The van der Waals surface area contributed by atoms with Gasteiger partial charge in [0.15, 0.2) is 0 Å². The molecule has 0 amide bonds. The van der Waals surface area contributed by atoms with Gasteiger partial charge >= 0.3 is 86.3 Å². The van der Waals surface area contributed by atoms with Crippen molar-refractivity contribution >= 4 is 27.1 Å². The summed E-state index contributed by atoms with van der Waals surface area (Å²) in [6.07, 6.45) is 0. The summed E-state index contributed by atoms with van der Waals surface area (Å²) in [6, 6.07) is 0. The molecule has 1 fully saturated rings. The standard InChI is InChI=1S/2Na.H6O9Si3.Zr.2H/c;;1-10(2)7-11(3,4)9-12(5,6)8-10;;;/h;;1-6H;;;/q2*+1;;;2*-1. The molecule has 6 N–H and O–H groups in total. The Hall–Kier alpha value is 3.17. The largest absolute Gasteiger partial charge is 1.00 e. The van der Waals surface area contributed by atoms with E-state index in [0.29, 0.717) is 0 Å². The quantitative estimate of drug-likeness (QED) is 0.228. The summed E-state index contributed by atoms with van der Waals surface area (Å²) in [5, 5.41) is 0. The van der Waals surface area contributed by atoms with Crippen molar-refractivity contribution in [2.45, 2.75) is 0 Å². The first kappa shape index (κ1) is 23.3. The Morgan fingerprint density at radius 3 is 0.867 bits per heavy atom. The molecule has 0 radical (unpaired) electrons. The molecule has 1 aliphatic rings. The summed E-state index contributed by atoms with van der Waals surface area (Å²) in [5.74, 6) is 0. The van der Waals surface area contributed by atoms with Crippen molar-refractivity contribution in [3.8, 4) is 0 Å². The van der Waals surface area contributed by atoms with Gasteiger partial charge in [0.1, 0.15) is 0 Å². The minimum atomic E-state index is -4.86. The molecule has 0 bridgehead atoms. The molecule has 15 heteroatoms. The minimum Gasteiger partial charge on any atom is -1.00 e. The molecule has 15 heavy (non-hydrogen) atoms. The first-order valence-corrected chi connectivity index (χ1v) is 7.70. The SMILES string of the molecule is O[Si]1(O)O[Si](O)(O)O[Si](O)(O)O1.[H-].[H-].[Na+].[Na+].[Zr]. The first-order valence-electron chi connectivity index (χ1n) is 2.57. The second-order valence-corrected chi connectivity index (χ2v) is 7.69. The molecular weight excluding hydrogens is 365 g/mol. The summed E-state index contributed by atoms with van der Waals surface area (Å²) >= 11 is 0. The predicted octanol–water partition coefficient (Wildman–Crippen LogP) is -10.5. The molecule has 0 aliphatic carbocycles. The van der Waals surface area contributed by atoms with E-state index in [1.165, 1.54) is 0 Å². The van der Waals surface area contributed by atoms with Gasteiger partial charge in [-0.2, -0.15) is 0 Å². The van der Waals surface area contributed by atoms with Crippen LogP contribution in [0.15, 0.2) is 0 Å². The fraction of sp³-hybridized carbons (Fsp3) is 0. The summed E-state index contributed by atoms with van der Waals surface area (Å²) in [4.78, 5) is 51.9. The second kappa shape index (κ2) is 7.69. The monoisotopic (exact) mass is 372 g/mol. The van der Waals surface area contributed by atoms with E-state index in [9.17, 15) is 0 Å². The van der Waals surface area contributed by atoms with Crippen molar-refractivity contribution in [1.29, 1.82) is 0 Å². The van der Waals surface area contributed by atoms with Crippen molar-refractivity contribution in [1.82, 2.24) is 0 Å². The molecule has 0 aromatic heterocycles. The van der Waals surface area contributed by atoms with Crippen molar-refractivity contribution in [2.75, 3.05) is 0 Å².